The number of methoxy groups -OCH3 is 1. The molecule has 1 aliphatic heterocycles. The number of hydrogen-bond acceptors (Lipinski definition) is 4. The van der Waals surface area contributed by atoms with Gasteiger partial charge in [0.15, 0.2) is 0 Å². The fraction of sp³-hybridized carbons (Fsp3) is 0.467. The molecule has 0 bridgehead atoms. The fourth-order valence-corrected chi connectivity index (χ4v) is 4.13. The highest BCUT2D eigenvalue weighted by molar-refractivity contribution is 7.89. The summed E-state index contributed by atoms with van der Waals surface area (Å²) < 4.78 is 32.0. The molecule has 1 saturated heterocycles. The third-order valence-corrected chi connectivity index (χ3v) is 5.38. The molecule has 114 valence electrons. The minimum absolute atomic E-state index is 0.198. The molecular weight excluding hydrogens is 290 g/mol. The highest BCUT2D eigenvalue weighted by atomic mass is 32.2. The van der Waals surface area contributed by atoms with Gasteiger partial charge in [0, 0.05) is 25.8 Å². The number of aliphatic hydroxyl groups is 1. The lowest BCUT2D eigenvalue weighted by Crippen LogP contribution is -2.30. The summed E-state index contributed by atoms with van der Waals surface area (Å²) in [5.74, 6) is 5.43. The lowest BCUT2D eigenvalue weighted by atomic mass is 10.1. The Morgan fingerprint density at radius 3 is 2.90 bits per heavy atom. The Kier molecular flexibility index (Phi) is 5.37. The lowest BCUT2D eigenvalue weighted by Gasteiger charge is -2.17. The van der Waals surface area contributed by atoms with Crippen molar-refractivity contribution in [3.63, 3.8) is 0 Å². The second-order valence-electron chi connectivity index (χ2n) is 4.93. The summed E-state index contributed by atoms with van der Waals surface area (Å²) in [5, 5.41) is 8.78. The predicted octanol–water partition coefficient (Wildman–Crippen LogP) is 0.687. The molecule has 1 aromatic rings. The van der Waals surface area contributed by atoms with Gasteiger partial charge in [0.2, 0.25) is 10.0 Å². The first-order valence-electron chi connectivity index (χ1n) is 6.77. The molecule has 1 fully saturated rings. The largest absolute Gasteiger partial charge is 0.384 e. The molecule has 1 N–H and O–H groups in total. The quantitative estimate of drug-likeness (QED) is 0.831. The van der Waals surface area contributed by atoms with Crippen molar-refractivity contribution in [2.24, 2.45) is 5.92 Å². The molecule has 1 aliphatic rings. The van der Waals surface area contributed by atoms with E-state index >= 15 is 0 Å². The smallest absolute Gasteiger partial charge is 0.244 e. The van der Waals surface area contributed by atoms with Crippen LogP contribution in [0.1, 0.15) is 12.0 Å². The Morgan fingerprint density at radius 1 is 1.43 bits per heavy atom. The molecule has 0 spiro atoms. The van der Waals surface area contributed by atoms with Crippen LogP contribution in [-0.2, 0) is 14.8 Å². The van der Waals surface area contributed by atoms with E-state index in [1.165, 1.54) is 4.31 Å². The van der Waals surface area contributed by atoms with E-state index in [1.54, 1.807) is 31.4 Å². The van der Waals surface area contributed by atoms with E-state index in [9.17, 15) is 8.42 Å². The van der Waals surface area contributed by atoms with Gasteiger partial charge in [-0.15, -0.1) is 0 Å². The van der Waals surface area contributed by atoms with Crippen molar-refractivity contribution in [3.05, 3.63) is 29.8 Å². The summed E-state index contributed by atoms with van der Waals surface area (Å²) in [6, 6.07) is 6.62. The molecule has 1 atom stereocenters. The van der Waals surface area contributed by atoms with Gasteiger partial charge in [-0.1, -0.05) is 24.0 Å². The highest BCUT2D eigenvalue weighted by Gasteiger charge is 2.33. The van der Waals surface area contributed by atoms with Crippen molar-refractivity contribution < 1.29 is 18.3 Å². The van der Waals surface area contributed by atoms with Gasteiger partial charge in [0.05, 0.1) is 11.5 Å². The number of hydrogen-bond donors (Lipinski definition) is 1. The van der Waals surface area contributed by atoms with Gasteiger partial charge < -0.3 is 9.84 Å². The maximum Gasteiger partial charge on any atom is 0.244 e. The molecule has 2 rings (SSSR count). The molecular formula is C15H19NO4S. The topological polar surface area (TPSA) is 66.8 Å². The monoisotopic (exact) mass is 309 g/mol. The first-order valence-corrected chi connectivity index (χ1v) is 8.21. The third kappa shape index (κ3) is 3.63. The summed E-state index contributed by atoms with van der Waals surface area (Å²) in [7, 11) is -1.94. The van der Waals surface area contributed by atoms with Crippen LogP contribution in [0.4, 0.5) is 0 Å². The molecule has 0 aliphatic carbocycles. The average molecular weight is 309 g/mol. The first-order chi connectivity index (χ1) is 10.1. The Morgan fingerprint density at radius 2 is 2.19 bits per heavy atom. The molecule has 6 heteroatoms. The highest BCUT2D eigenvalue weighted by Crippen LogP contribution is 2.26. The van der Waals surface area contributed by atoms with E-state index in [0.29, 0.717) is 25.3 Å². The molecule has 1 aromatic carbocycles. The van der Waals surface area contributed by atoms with Crippen LogP contribution in [-0.4, -0.2) is 51.2 Å². The van der Waals surface area contributed by atoms with Gasteiger partial charge in [-0.05, 0) is 24.5 Å². The number of benzene rings is 1. The average Bonchev–Trinajstić information content (AvgIpc) is 2.95. The van der Waals surface area contributed by atoms with Crippen molar-refractivity contribution >= 4 is 10.0 Å². The van der Waals surface area contributed by atoms with Crippen molar-refractivity contribution in [3.8, 4) is 11.8 Å². The van der Waals surface area contributed by atoms with Crippen LogP contribution < -0.4 is 0 Å². The number of rotatable bonds is 4. The van der Waals surface area contributed by atoms with Crippen LogP contribution in [0.5, 0.6) is 0 Å². The van der Waals surface area contributed by atoms with Crippen molar-refractivity contribution in [1.29, 1.82) is 0 Å². The zero-order valence-corrected chi connectivity index (χ0v) is 12.8. The number of sulfonamides is 1. The molecule has 1 unspecified atom stereocenters. The summed E-state index contributed by atoms with van der Waals surface area (Å²) in [6.07, 6.45) is 0.803. The Balaban J connectivity index is 2.29. The van der Waals surface area contributed by atoms with Crippen LogP contribution in [0.25, 0.3) is 0 Å². The van der Waals surface area contributed by atoms with E-state index in [1.807, 2.05) is 0 Å². The second kappa shape index (κ2) is 7.05. The van der Waals surface area contributed by atoms with Crippen LogP contribution in [0, 0.1) is 17.8 Å². The van der Waals surface area contributed by atoms with E-state index in [-0.39, 0.29) is 17.4 Å². The Hall–Kier alpha value is -1.39. The maximum atomic E-state index is 12.7. The summed E-state index contributed by atoms with van der Waals surface area (Å²) in [5.41, 5.74) is 0.418. The minimum atomic E-state index is -3.56. The molecule has 0 saturated carbocycles. The van der Waals surface area contributed by atoms with Gasteiger partial charge >= 0.3 is 0 Å². The van der Waals surface area contributed by atoms with Crippen LogP contribution in [0.15, 0.2) is 29.2 Å². The lowest BCUT2D eigenvalue weighted by molar-refractivity contribution is 0.157. The van der Waals surface area contributed by atoms with E-state index < -0.39 is 10.0 Å². The summed E-state index contributed by atoms with van der Waals surface area (Å²) in [6.45, 7) is 1.24. The van der Waals surface area contributed by atoms with Crippen molar-refractivity contribution in [2.45, 2.75) is 11.3 Å². The van der Waals surface area contributed by atoms with Gasteiger partial charge in [0.25, 0.3) is 0 Å². The van der Waals surface area contributed by atoms with Crippen molar-refractivity contribution in [1.82, 2.24) is 4.31 Å². The number of aliphatic hydroxyl groups excluding tert-OH is 1. The zero-order valence-electron chi connectivity index (χ0n) is 11.9. The molecule has 0 amide bonds. The molecule has 21 heavy (non-hydrogen) atoms. The number of ether oxygens (including phenoxy) is 1. The SMILES string of the molecule is COCC1CCN(S(=O)(=O)c2ccccc2C#CCO)C1. The van der Waals surface area contributed by atoms with E-state index in [4.69, 9.17) is 9.84 Å². The maximum absolute atomic E-state index is 12.7. The van der Waals surface area contributed by atoms with Crippen LogP contribution >= 0.6 is 0 Å². The third-order valence-electron chi connectivity index (χ3n) is 3.46. The fourth-order valence-electron chi connectivity index (χ4n) is 2.46. The van der Waals surface area contributed by atoms with Gasteiger partial charge in [-0.3, -0.25) is 0 Å². The van der Waals surface area contributed by atoms with Gasteiger partial charge in [0.1, 0.15) is 6.61 Å². The Bertz CT molecular complexity index is 645. The number of nitrogens with zero attached hydrogens (tertiary/aromatic N) is 1. The molecule has 5 nitrogen and oxygen atoms in total. The summed E-state index contributed by atoms with van der Waals surface area (Å²) >= 11 is 0. The van der Waals surface area contributed by atoms with Crippen molar-refractivity contribution in [2.75, 3.05) is 33.4 Å². The standard InChI is InChI=1S/C15H19NO4S/c1-20-12-13-8-9-16(11-13)21(18,19)15-7-3-2-5-14(15)6-4-10-17/h2-3,5,7,13,17H,8-12H2,1H3. The second-order valence-corrected chi connectivity index (χ2v) is 6.84. The normalized spacial score (nSPS) is 19.2. The predicted molar refractivity (Wildman–Crippen MR) is 79.1 cm³/mol. The van der Waals surface area contributed by atoms with E-state index in [0.717, 1.165) is 6.42 Å². The first kappa shape index (κ1) is 16.0. The van der Waals surface area contributed by atoms with Crippen LogP contribution in [0.3, 0.4) is 0 Å². The minimum Gasteiger partial charge on any atom is -0.384 e. The van der Waals surface area contributed by atoms with E-state index in [2.05, 4.69) is 11.8 Å². The Labute approximate surface area is 125 Å². The molecule has 1 heterocycles. The molecule has 0 aromatic heterocycles. The molecule has 0 radical (unpaired) electrons. The zero-order chi connectivity index (χ0) is 15.3. The van der Waals surface area contributed by atoms with Gasteiger partial charge in [-0.2, -0.15) is 4.31 Å². The van der Waals surface area contributed by atoms with Gasteiger partial charge in [-0.25, -0.2) is 8.42 Å². The summed E-state index contributed by atoms with van der Waals surface area (Å²) in [4.78, 5) is 0.198. The van der Waals surface area contributed by atoms with Crippen LogP contribution in [0.2, 0.25) is 0 Å².